The molecule has 2 heterocycles. The second kappa shape index (κ2) is 6.09. The van der Waals surface area contributed by atoms with E-state index < -0.39 is 0 Å². The summed E-state index contributed by atoms with van der Waals surface area (Å²) in [6.07, 6.45) is 0.437. The maximum absolute atomic E-state index is 11.7. The van der Waals surface area contributed by atoms with Gasteiger partial charge in [0.05, 0.1) is 11.6 Å². The molecule has 0 bridgehead atoms. The van der Waals surface area contributed by atoms with Gasteiger partial charge in [-0.3, -0.25) is 4.79 Å². The molecule has 2 rings (SSSR count). The van der Waals surface area contributed by atoms with Gasteiger partial charge in [0, 0.05) is 37.1 Å². The monoisotopic (exact) mass is 255 g/mol. The lowest BCUT2D eigenvalue weighted by Crippen LogP contribution is -2.48. The number of rotatable bonds is 4. The van der Waals surface area contributed by atoms with Gasteiger partial charge in [-0.1, -0.05) is 0 Å². The molecule has 0 unspecified atom stereocenters. The topological polar surface area (TPSA) is 63.2 Å². The Morgan fingerprint density at radius 3 is 3.29 bits per heavy atom. The van der Waals surface area contributed by atoms with Gasteiger partial charge in [0.25, 0.3) is 0 Å². The third-order valence-corrected chi connectivity index (χ3v) is 3.55. The van der Waals surface area contributed by atoms with Crippen molar-refractivity contribution in [2.45, 2.75) is 19.4 Å². The average Bonchev–Trinajstić information content (AvgIpc) is 2.76. The Labute approximate surface area is 105 Å². The quantitative estimate of drug-likeness (QED) is 0.801. The van der Waals surface area contributed by atoms with E-state index >= 15 is 0 Å². The lowest BCUT2D eigenvalue weighted by Gasteiger charge is -2.22. The van der Waals surface area contributed by atoms with E-state index in [4.69, 9.17) is 4.74 Å². The zero-order valence-corrected chi connectivity index (χ0v) is 10.7. The van der Waals surface area contributed by atoms with Gasteiger partial charge in [0.2, 0.25) is 5.91 Å². The molecule has 0 aliphatic carbocycles. The first kappa shape index (κ1) is 12.5. The molecule has 1 amide bonds. The Kier molecular flexibility index (Phi) is 4.47. The lowest BCUT2D eigenvalue weighted by molar-refractivity contribution is -0.134. The standard InChI is InChI=1S/C11H17N3O2S/c1-8-7-17-10(14-8)2-3-13-11(15)9-6-12-4-5-16-9/h7,9,12H,2-6H2,1H3,(H,13,15)/t9-/m1/s1. The zero-order chi connectivity index (χ0) is 12.1. The highest BCUT2D eigenvalue weighted by atomic mass is 32.1. The summed E-state index contributed by atoms with van der Waals surface area (Å²) in [6, 6.07) is 0. The van der Waals surface area contributed by atoms with Crippen molar-refractivity contribution in [2.24, 2.45) is 0 Å². The van der Waals surface area contributed by atoms with Crippen molar-refractivity contribution in [3.8, 4) is 0 Å². The SMILES string of the molecule is Cc1csc(CCNC(=O)[C@H]2CNCCO2)n1. The average molecular weight is 255 g/mol. The molecule has 1 saturated heterocycles. The number of morpholine rings is 1. The first-order valence-corrected chi connectivity index (χ1v) is 6.65. The van der Waals surface area contributed by atoms with E-state index in [1.807, 2.05) is 12.3 Å². The summed E-state index contributed by atoms with van der Waals surface area (Å²) in [4.78, 5) is 16.0. The fraction of sp³-hybridized carbons (Fsp3) is 0.636. The van der Waals surface area contributed by atoms with Crippen LogP contribution in [0.1, 0.15) is 10.7 Å². The minimum atomic E-state index is -0.346. The molecule has 1 fully saturated rings. The Bertz CT molecular complexity index is 375. The zero-order valence-electron chi connectivity index (χ0n) is 9.86. The van der Waals surface area contributed by atoms with Crippen molar-refractivity contribution in [1.82, 2.24) is 15.6 Å². The van der Waals surface area contributed by atoms with Crippen LogP contribution in [0.5, 0.6) is 0 Å². The van der Waals surface area contributed by atoms with Crippen molar-refractivity contribution in [2.75, 3.05) is 26.2 Å². The van der Waals surface area contributed by atoms with Crippen LogP contribution in [-0.4, -0.2) is 43.2 Å². The van der Waals surface area contributed by atoms with Crippen molar-refractivity contribution < 1.29 is 9.53 Å². The number of carbonyl (C=O) groups is 1. The lowest BCUT2D eigenvalue weighted by atomic mass is 10.3. The summed E-state index contributed by atoms with van der Waals surface area (Å²) in [6.45, 7) is 4.61. The largest absolute Gasteiger partial charge is 0.366 e. The molecule has 1 atom stereocenters. The first-order chi connectivity index (χ1) is 8.25. The highest BCUT2D eigenvalue weighted by Gasteiger charge is 2.20. The molecule has 17 heavy (non-hydrogen) atoms. The minimum absolute atomic E-state index is 0.0366. The van der Waals surface area contributed by atoms with E-state index in [9.17, 15) is 4.79 Å². The van der Waals surface area contributed by atoms with Gasteiger partial charge in [0.15, 0.2) is 0 Å². The molecule has 1 aliphatic heterocycles. The van der Waals surface area contributed by atoms with Crippen LogP contribution in [0.2, 0.25) is 0 Å². The van der Waals surface area contributed by atoms with Crippen molar-refractivity contribution in [3.05, 3.63) is 16.1 Å². The summed E-state index contributed by atoms with van der Waals surface area (Å²) >= 11 is 1.63. The molecule has 5 nitrogen and oxygen atoms in total. The van der Waals surface area contributed by atoms with Gasteiger partial charge in [-0.25, -0.2) is 4.98 Å². The van der Waals surface area contributed by atoms with Crippen molar-refractivity contribution >= 4 is 17.2 Å². The summed E-state index contributed by atoms with van der Waals surface area (Å²) in [5.41, 5.74) is 1.04. The van der Waals surface area contributed by atoms with Gasteiger partial charge in [-0.05, 0) is 6.92 Å². The van der Waals surface area contributed by atoms with Gasteiger partial charge in [0.1, 0.15) is 6.10 Å². The molecule has 6 heteroatoms. The molecule has 0 aromatic carbocycles. The van der Waals surface area contributed by atoms with Crippen LogP contribution in [0, 0.1) is 6.92 Å². The van der Waals surface area contributed by atoms with E-state index in [-0.39, 0.29) is 12.0 Å². The number of thiazole rings is 1. The normalized spacial score (nSPS) is 20.2. The number of aryl methyl sites for hydroxylation is 1. The minimum Gasteiger partial charge on any atom is -0.366 e. The number of amides is 1. The Morgan fingerprint density at radius 2 is 2.65 bits per heavy atom. The van der Waals surface area contributed by atoms with E-state index in [2.05, 4.69) is 15.6 Å². The van der Waals surface area contributed by atoms with Crippen molar-refractivity contribution in [3.63, 3.8) is 0 Å². The molecule has 1 aromatic rings. The van der Waals surface area contributed by atoms with Crippen LogP contribution >= 0.6 is 11.3 Å². The Hall–Kier alpha value is -0.980. The van der Waals surface area contributed by atoms with Crippen LogP contribution in [0.25, 0.3) is 0 Å². The van der Waals surface area contributed by atoms with Crippen LogP contribution in [0.15, 0.2) is 5.38 Å². The van der Waals surface area contributed by atoms with E-state index in [0.29, 0.717) is 19.7 Å². The van der Waals surface area contributed by atoms with Gasteiger partial charge < -0.3 is 15.4 Å². The second-order valence-corrected chi connectivity index (χ2v) is 4.93. The molecular formula is C11H17N3O2S. The maximum Gasteiger partial charge on any atom is 0.250 e. The van der Waals surface area contributed by atoms with Crippen LogP contribution < -0.4 is 10.6 Å². The number of hydrogen-bond donors (Lipinski definition) is 2. The molecular weight excluding hydrogens is 238 g/mol. The first-order valence-electron chi connectivity index (χ1n) is 5.77. The van der Waals surface area contributed by atoms with Crippen LogP contribution in [-0.2, 0) is 16.0 Å². The maximum atomic E-state index is 11.7. The summed E-state index contributed by atoms with van der Waals surface area (Å²) < 4.78 is 5.36. The Balaban J connectivity index is 1.69. The van der Waals surface area contributed by atoms with Gasteiger partial charge in [-0.2, -0.15) is 0 Å². The summed E-state index contributed by atoms with van der Waals surface area (Å²) in [5.74, 6) is -0.0366. The predicted molar refractivity (Wildman–Crippen MR) is 66.2 cm³/mol. The number of nitrogens with one attached hydrogen (secondary N) is 2. The van der Waals surface area contributed by atoms with E-state index in [0.717, 1.165) is 23.7 Å². The predicted octanol–water partition coefficient (Wildman–Crippen LogP) is 0.0986. The fourth-order valence-electron chi connectivity index (χ4n) is 1.66. The third kappa shape index (κ3) is 3.76. The highest BCUT2D eigenvalue weighted by molar-refractivity contribution is 7.09. The van der Waals surface area contributed by atoms with Gasteiger partial charge in [-0.15, -0.1) is 11.3 Å². The number of ether oxygens (including phenoxy) is 1. The third-order valence-electron chi connectivity index (χ3n) is 2.52. The Morgan fingerprint density at radius 1 is 1.76 bits per heavy atom. The molecule has 1 aliphatic rings. The van der Waals surface area contributed by atoms with Crippen LogP contribution in [0.4, 0.5) is 0 Å². The smallest absolute Gasteiger partial charge is 0.250 e. The number of carbonyl (C=O) groups excluding carboxylic acids is 1. The number of hydrogen-bond acceptors (Lipinski definition) is 5. The fourth-order valence-corrected chi connectivity index (χ4v) is 2.43. The van der Waals surface area contributed by atoms with Crippen LogP contribution in [0.3, 0.4) is 0 Å². The highest BCUT2D eigenvalue weighted by Crippen LogP contribution is 2.08. The van der Waals surface area contributed by atoms with Crippen molar-refractivity contribution in [1.29, 1.82) is 0 Å². The molecule has 2 N–H and O–H groups in total. The van der Waals surface area contributed by atoms with E-state index in [1.165, 1.54) is 0 Å². The number of aromatic nitrogens is 1. The second-order valence-electron chi connectivity index (χ2n) is 3.99. The number of nitrogens with zero attached hydrogens (tertiary/aromatic N) is 1. The molecule has 0 spiro atoms. The molecule has 1 aromatic heterocycles. The summed E-state index contributed by atoms with van der Waals surface area (Å²) in [5, 5.41) is 9.08. The molecule has 94 valence electrons. The summed E-state index contributed by atoms with van der Waals surface area (Å²) in [7, 11) is 0. The van der Waals surface area contributed by atoms with Gasteiger partial charge >= 0.3 is 0 Å². The van der Waals surface area contributed by atoms with E-state index in [1.54, 1.807) is 11.3 Å². The molecule has 0 radical (unpaired) electrons. The molecule has 0 saturated carbocycles.